The molecule has 0 saturated heterocycles. The van der Waals surface area contributed by atoms with Crippen molar-refractivity contribution >= 4 is 5.97 Å². The average molecular weight is 270 g/mol. The van der Waals surface area contributed by atoms with E-state index in [1.54, 1.807) is 6.20 Å². The molecule has 1 aliphatic rings. The number of esters is 1. The van der Waals surface area contributed by atoms with E-state index in [4.69, 9.17) is 4.74 Å². The van der Waals surface area contributed by atoms with E-state index in [-0.39, 0.29) is 5.97 Å². The highest BCUT2D eigenvalue weighted by Crippen LogP contribution is 2.39. The van der Waals surface area contributed by atoms with Crippen LogP contribution in [0.5, 0.6) is 0 Å². The summed E-state index contributed by atoms with van der Waals surface area (Å²) in [5, 5.41) is 0. The van der Waals surface area contributed by atoms with Crippen molar-refractivity contribution in [1.29, 1.82) is 0 Å². The number of carbonyl (C=O) groups excluding carboxylic acids is 1. The molecule has 0 bridgehead atoms. The van der Waals surface area contributed by atoms with Gasteiger partial charge in [-0.2, -0.15) is 0 Å². The third kappa shape index (κ3) is 2.46. The molecule has 1 fully saturated rings. The fraction of sp³-hybridized carbons (Fsp3) is 0.375. The minimum Gasteiger partial charge on any atom is -0.464 e. The Morgan fingerprint density at radius 3 is 2.65 bits per heavy atom. The highest BCUT2D eigenvalue weighted by Gasteiger charge is 2.30. The number of rotatable bonds is 4. The highest BCUT2D eigenvalue weighted by atomic mass is 16.5. The van der Waals surface area contributed by atoms with Gasteiger partial charge < -0.3 is 9.30 Å². The summed E-state index contributed by atoms with van der Waals surface area (Å²) in [5.41, 5.74) is 2.94. The lowest BCUT2D eigenvalue weighted by Crippen LogP contribution is -2.13. The van der Waals surface area contributed by atoms with Crippen LogP contribution in [0.3, 0.4) is 0 Å². The monoisotopic (exact) mass is 270 g/mol. The SMILES string of the molecule is COC(=O)c1cnc(C2CC2)n1Cc1ccc(C)cc1. The number of imidazole rings is 1. The Bertz CT molecular complexity index is 624. The van der Waals surface area contributed by atoms with Crippen LogP contribution in [-0.4, -0.2) is 22.6 Å². The summed E-state index contributed by atoms with van der Waals surface area (Å²) in [5.74, 6) is 1.18. The summed E-state index contributed by atoms with van der Waals surface area (Å²) in [7, 11) is 1.41. The van der Waals surface area contributed by atoms with E-state index in [0.717, 1.165) is 18.7 Å². The first kappa shape index (κ1) is 12.9. The molecular weight excluding hydrogens is 252 g/mol. The Balaban J connectivity index is 1.95. The van der Waals surface area contributed by atoms with Gasteiger partial charge in [-0.3, -0.25) is 0 Å². The number of benzene rings is 1. The van der Waals surface area contributed by atoms with E-state index in [9.17, 15) is 4.79 Å². The smallest absolute Gasteiger partial charge is 0.356 e. The Labute approximate surface area is 118 Å². The molecule has 2 aromatic rings. The molecule has 1 aromatic heterocycles. The predicted octanol–water partition coefficient (Wildman–Crippen LogP) is 2.90. The van der Waals surface area contributed by atoms with Crippen LogP contribution in [0.4, 0.5) is 0 Å². The van der Waals surface area contributed by atoms with Gasteiger partial charge in [0.15, 0.2) is 0 Å². The first-order valence-corrected chi connectivity index (χ1v) is 6.88. The largest absolute Gasteiger partial charge is 0.464 e. The Morgan fingerprint density at radius 2 is 2.05 bits per heavy atom. The Kier molecular flexibility index (Phi) is 3.30. The lowest BCUT2D eigenvalue weighted by Gasteiger charge is -2.11. The van der Waals surface area contributed by atoms with Crippen molar-refractivity contribution in [3.63, 3.8) is 0 Å². The topological polar surface area (TPSA) is 44.1 Å². The number of hydrogen-bond acceptors (Lipinski definition) is 3. The molecule has 1 aromatic carbocycles. The summed E-state index contributed by atoms with van der Waals surface area (Å²) in [6, 6.07) is 8.35. The van der Waals surface area contributed by atoms with Gasteiger partial charge in [-0.15, -0.1) is 0 Å². The summed E-state index contributed by atoms with van der Waals surface area (Å²) >= 11 is 0. The van der Waals surface area contributed by atoms with Gasteiger partial charge in [-0.25, -0.2) is 9.78 Å². The normalized spacial score (nSPS) is 14.3. The van der Waals surface area contributed by atoms with Crippen LogP contribution >= 0.6 is 0 Å². The first-order chi connectivity index (χ1) is 9.69. The Hall–Kier alpha value is -2.10. The zero-order chi connectivity index (χ0) is 14.1. The number of ether oxygens (including phenoxy) is 1. The second kappa shape index (κ2) is 5.12. The van der Waals surface area contributed by atoms with Gasteiger partial charge >= 0.3 is 5.97 Å². The van der Waals surface area contributed by atoms with Crippen LogP contribution in [0.2, 0.25) is 0 Å². The molecule has 4 nitrogen and oxygen atoms in total. The van der Waals surface area contributed by atoms with Crippen molar-refractivity contribution in [1.82, 2.24) is 9.55 Å². The van der Waals surface area contributed by atoms with Crippen molar-refractivity contribution < 1.29 is 9.53 Å². The molecule has 1 heterocycles. The summed E-state index contributed by atoms with van der Waals surface area (Å²) < 4.78 is 6.84. The number of hydrogen-bond donors (Lipinski definition) is 0. The number of aryl methyl sites for hydroxylation is 1. The van der Waals surface area contributed by atoms with Crippen LogP contribution in [0, 0.1) is 6.92 Å². The van der Waals surface area contributed by atoms with Crippen LogP contribution in [-0.2, 0) is 11.3 Å². The van der Waals surface area contributed by atoms with Crippen LogP contribution < -0.4 is 0 Å². The molecule has 1 saturated carbocycles. The summed E-state index contributed by atoms with van der Waals surface area (Å²) in [6.45, 7) is 2.73. The van der Waals surface area contributed by atoms with Gasteiger partial charge in [0.2, 0.25) is 0 Å². The molecule has 20 heavy (non-hydrogen) atoms. The maximum absolute atomic E-state index is 11.9. The van der Waals surface area contributed by atoms with E-state index in [1.165, 1.54) is 18.2 Å². The number of carbonyl (C=O) groups is 1. The third-order valence-corrected chi connectivity index (χ3v) is 3.68. The Morgan fingerprint density at radius 1 is 1.35 bits per heavy atom. The van der Waals surface area contributed by atoms with E-state index in [2.05, 4.69) is 36.2 Å². The number of nitrogens with zero attached hydrogens (tertiary/aromatic N) is 2. The zero-order valence-corrected chi connectivity index (χ0v) is 11.8. The summed E-state index contributed by atoms with van der Waals surface area (Å²) in [4.78, 5) is 16.3. The molecule has 1 aliphatic carbocycles. The summed E-state index contributed by atoms with van der Waals surface area (Å²) in [6.07, 6.45) is 3.95. The van der Waals surface area contributed by atoms with Gasteiger partial charge in [0.25, 0.3) is 0 Å². The second-order valence-electron chi connectivity index (χ2n) is 5.34. The van der Waals surface area contributed by atoms with Gasteiger partial charge in [0, 0.05) is 12.5 Å². The van der Waals surface area contributed by atoms with Crippen molar-refractivity contribution in [2.45, 2.75) is 32.2 Å². The molecular formula is C16H18N2O2. The van der Waals surface area contributed by atoms with Crippen molar-refractivity contribution in [3.05, 3.63) is 53.1 Å². The quantitative estimate of drug-likeness (QED) is 0.802. The van der Waals surface area contributed by atoms with Crippen molar-refractivity contribution in [2.24, 2.45) is 0 Å². The molecule has 0 radical (unpaired) electrons. The fourth-order valence-electron chi connectivity index (χ4n) is 2.37. The minimum atomic E-state index is -0.323. The minimum absolute atomic E-state index is 0.323. The van der Waals surface area contributed by atoms with Gasteiger partial charge in [0.1, 0.15) is 11.5 Å². The molecule has 104 valence electrons. The van der Waals surface area contributed by atoms with Crippen LogP contribution in [0.15, 0.2) is 30.5 Å². The lowest BCUT2D eigenvalue weighted by atomic mass is 10.1. The maximum Gasteiger partial charge on any atom is 0.356 e. The second-order valence-corrected chi connectivity index (χ2v) is 5.34. The van der Waals surface area contributed by atoms with Crippen LogP contribution in [0.1, 0.15) is 46.2 Å². The lowest BCUT2D eigenvalue weighted by molar-refractivity contribution is 0.0588. The van der Waals surface area contributed by atoms with E-state index in [0.29, 0.717) is 18.2 Å². The molecule has 4 heteroatoms. The molecule has 0 spiro atoms. The maximum atomic E-state index is 11.9. The molecule has 0 N–H and O–H groups in total. The molecule has 0 aliphatic heterocycles. The predicted molar refractivity (Wildman–Crippen MR) is 75.8 cm³/mol. The van der Waals surface area contributed by atoms with E-state index >= 15 is 0 Å². The highest BCUT2D eigenvalue weighted by molar-refractivity contribution is 5.87. The molecule has 3 rings (SSSR count). The van der Waals surface area contributed by atoms with E-state index in [1.807, 2.05) is 4.57 Å². The standard InChI is InChI=1S/C16H18N2O2/c1-11-3-5-12(6-4-11)10-18-14(16(19)20-2)9-17-15(18)13-7-8-13/h3-6,9,13H,7-8,10H2,1-2H3. The van der Waals surface area contributed by atoms with Crippen molar-refractivity contribution in [2.75, 3.05) is 7.11 Å². The first-order valence-electron chi connectivity index (χ1n) is 6.88. The van der Waals surface area contributed by atoms with Gasteiger partial charge in [0.05, 0.1) is 13.3 Å². The number of methoxy groups -OCH3 is 1. The zero-order valence-electron chi connectivity index (χ0n) is 11.8. The third-order valence-electron chi connectivity index (χ3n) is 3.68. The van der Waals surface area contributed by atoms with Crippen LogP contribution in [0.25, 0.3) is 0 Å². The molecule has 0 unspecified atom stereocenters. The van der Waals surface area contributed by atoms with Crippen molar-refractivity contribution in [3.8, 4) is 0 Å². The van der Waals surface area contributed by atoms with Gasteiger partial charge in [-0.05, 0) is 25.3 Å². The number of aromatic nitrogens is 2. The average Bonchev–Trinajstić information content (AvgIpc) is 3.22. The fourth-order valence-corrected chi connectivity index (χ4v) is 2.37. The van der Waals surface area contributed by atoms with E-state index < -0.39 is 0 Å². The molecule has 0 amide bonds. The molecule has 0 atom stereocenters. The van der Waals surface area contributed by atoms with Gasteiger partial charge in [-0.1, -0.05) is 29.8 Å².